The molecule has 1 aliphatic heterocycles. The third-order valence-corrected chi connectivity index (χ3v) is 3.25. The van der Waals surface area contributed by atoms with E-state index in [2.05, 4.69) is 4.90 Å². The van der Waals surface area contributed by atoms with E-state index in [1.54, 1.807) is 7.11 Å². The van der Waals surface area contributed by atoms with Crippen LogP contribution in [-0.4, -0.2) is 26.1 Å². The second-order valence-corrected chi connectivity index (χ2v) is 4.36. The highest BCUT2D eigenvalue weighted by atomic mass is 16.5. The lowest BCUT2D eigenvalue weighted by atomic mass is 9.97. The van der Waals surface area contributed by atoms with Gasteiger partial charge in [0.25, 0.3) is 0 Å². The number of primary amides is 1. The number of anilines is 1. The number of amides is 1. The Morgan fingerprint density at radius 3 is 2.94 bits per heavy atom. The zero-order chi connectivity index (χ0) is 12.3. The summed E-state index contributed by atoms with van der Waals surface area (Å²) in [6.07, 6.45) is 1.88. The average molecular weight is 234 g/mol. The van der Waals surface area contributed by atoms with Crippen LogP contribution in [0.2, 0.25) is 0 Å². The Balaban J connectivity index is 2.18. The predicted octanol–water partition coefficient (Wildman–Crippen LogP) is 1.40. The normalized spacial score (nSPS) is 20.1. The number of hydrogen-bond acceptors (Lipinski definition) is 3. The topological polar surface area (TPSA) is 55.6 Å². The van der Waals surface area contributed by atoms with Gasteiger partial charge in [0, 0.05) is 13.1 Å². The first-order valence-corrected chi connectivity index (χ1v) is 5.89. The molecule has 92 valence electrons. The molecule has 0 aliphatic carbocycles. The van der Waals surface area contributed by atoms with Gasteiger partial charge in [0.2, 0.25) is 5.91 Å². The summed E-state index contributed by atoms with van der Waals surface area (Å²) in [5, 5.41) is 0. The van der Waals surface area contributed by atoms with Crippen LogP contribution in [0.4, 0.5) is 5.69 Å². The van der Waals surface area contributed by atoms with Gasteiger partial charge in [-0.15, -0.1) is 0 Å². The summed E-state index contributed by atoms with van der Waals surface area (Å²) in [4.78, 5) is 13.4. The molecule has 1 unspecified atom stereocenters. The van der Waals surface area contributed by atoms with E-state index >= 15 is 0 Å². The SMILES string of the molecule is COc1ccccc1N1CCCC(C(N)=O)C1. The zero-order valence-corrected chi connectivity index (χ0v) is 10.1. The standard InChI is InChI=1S/C13H18N2O2/c1-17-12-7-3-2-6-11(12)15-8-4-5-10(9-15)13(14)16/h2-3,6-7,10H,4-5,8-9H2,1H3,(H2,14,16). The molecular formula is C13H18N2O2. The Morgan fingerprint density at radius 2 is 2.24 bits per heavy atom. The number of carbonyl (C=O) groups is 1. The van der Waals surface area contributed by atoms with E-state index < -0.39 is 0 Å². The Labute approximate surface area is 101 Å². The smallest absolute Gasteiger partial charge is 0.222 e. The lowest BCUT2D eigenvalue weighted by molar-refractivity contribution is -0.122. The maximum atomic E-state index is 11.3. The molecule has 1 aromatic carbocycles. The van der Waals surface area contributed by atoms with Crippen LogP contribution < -0.4 is 15.4 Å². The van der Waals surface area contributed by atoms with Gasteiger partial charge < -0.3 is 15.4 Å². The molecule has 1 amide bonds. The Morgan fingerprint density at radius 1 is 1.47 bits per heavy atom. The van der Waals surface area contributed by atoms with Gasteiger partial charge in [-0.05, 0) is 25.0 Å². The van der Waals surface area contributed by atoms with Crippen LogP contribution in [0.25, 0.3) is 0 Å². The summed E-state index contributed by atoms with van der Waals surface area (Å²) in [5.74, 6) is 0.593. The monoisotopic (exact) mass is 234 g/mol. The summed E-state index contributed by atoms with van der Waals surface area (Å²) in [5.41, 5.74) is 6.42. The molecule has 1 heterocycles. The van der Waals surface area contributed by atoms with Crippen molar-refractivity contribution in [2.75, 3.05) is 25.1 Å². The van der Waals surface area contributed by atoms with Crippen molar-refractivity contribution in [3.63, 3.8) is 0 Å². The van der Waals surface area contributed by atoms with Crippen molar-refractivity contribution in [3.05, 3.63) is 24.3 Å². The van der Waals surface area contributed by atoms with Crippen molar-refractivity contribution in [1.82, 2.24) is 0 Å². The molecule has 1 fully saturated rings. The predicted molar refractivity (Wildman–Crippen MR) is 67.1 cm³/mol. The van der Waals surface area contributed by atoms with Crippen molar-refractivity contribution < 1.29 is 9.53 Å². The molecule has 2 rings (SSSR count). The molecule has 1 aliphatic rings. The lowest BCUT2D eigenvalue weighted by Gasteiger charge is -2.33. The average Bonchev–Trinajstić information content (AvgIpc) is 2.39. The van der Waals surface area contributed by atoms with Gasteiger partial charge in [0.05, 0.1) is 18.7 Å². The van der Waals surface area contributed by atoms with Gasteiger partial charge >= 0.3 is 0 Å². The third kappa shape index (κ3) is 2.52. The minimum absolute atomic E-state index is 0.0475. The molecule has 4 heteroatoms. The summed E-state index contributed by atoms with van der Waals surface area (Å²) < 4.78 is 5.34. The van der Waals surface area contributed by atoms with Crippen molar-refractivity contribution in [1.29, 1.82) is 0 Å². The molecule has 2 N–H and O–H groups in total. The summed E-state index contributed by atoms with van der Waals surface area (Å²) in [7, 11) is 1.66. The number of carbonyl (C=O) groups excluding carboxylic acids is 1. The number of piperidine rings is 1. The van der Waals surface area contributed by atoms with E-state index in [9.17, 15) is 4.79 Å². The Kier molecular flexibility index (Phi) is 3.52. The summed E-state index contributed by atoms with van der Waals surface area (Å²) in [6.45, 7) is 1.64. The minimum atomic E-state index is -0.204. The highest BCUT2D eigenvalue weighted by Crippen LogP contribution is 2.31. The number of methoxy groups -OCH3 is 1. The zero-order valence-electron chi connectivity index (χ0n) is 10.1. The second-order valence-electron chi connectivity index (χ2n) is 4.36. The van der Waals surface area contributed by atoms with Gasteiger partial charge in [-0.1, -0.05) is 12.1 Å². The molecule has 1 aromatic rings. The van der Waals surface area contributed by atoms with Gasteiger partial charge in [-0.25, -0.2) is 0 Å². The highest BCUT2D eigenvalue weighted by Gasteiger charge is 2.25. The van der Waals surface area contributed by atoms with E-state index in [4.69, 9.17) is 10.5 Å². The number of rotatable bonds is 3. The van der Waals surface area contributed by atoms with Gasteiger partial charge in [0.1, 0.15) is 5.75 Å². The number of nitrogens with two attached hydrogens (primary N) is 1. The first-order valence-electron chi connectivity index (χ1n) is 5.89. The fourth-order valence-corrected chi connectivity index (χ4v) is 2.32. The highest BCUT2D eigenvalue weighted by molar-refractivity contribution is 5.78. The second kappa shape index (κ2) is 5.08. The van der Waals surface area contributed by atoms with Gasteiger partial charge in [-0.2, -0.15) is 0 Å². The first-order chi connectivity index (χ1) is 8.22. The molecule has 4 nitrogen and oxygen atoms in total. The molecule has 1 saturated heterocycles. The maximum absolute atomic E-state index is 11.3. The quantitative estimate of drug-likeness (QED) is 0.860. The molecule has 0 bridgehead atoms. The van der Waals surface area contributed by atoms with Crippen LogP contribution in [0.15, 0.2) is 24.3 Å². The third-order valence-electron chi connectivity index (χ3n) is 3.25. The largest absolute Gasteiger partial charge is 0.495 e. The van der Waals surface area contributed by atoms with E-state index in [1.165, 1.54) is 0 Å². The fraction of sp³-hybridized carbons (Fsp3) is 0.462. The lowest BCUT2D eigenvalue weighted by Crippen LogP contribution is -2.41. The fourth-order valence-electron chi connectivity index (χ4n) is 2.32. The van der Waals surface area contributed by atoms with Crippen LogP contribution >= 0.6 is 0 Å². The van der Waals surface area contributed by atoms with E-state index in [0.29, 0.717) is 6.54 Å². The van der Waals surface area contributed by atoms with Crippen molar-refractivity contribution in [2.45, 2.75) is 12.8 Å². The number of ether oxygens (including phenoxy) is 1. The Bertz CT molecular complexity index is 406. The van der Waals surface area contributed by atoms with Gasteiger partial charge in [-0.3, -0.25) is 4.79 Å². The molecule has 1 atom stereocenters. The molecule has 17 heavy (non-hydrogen) atoms. The number of benzene rings is 1. The van der Waals surface area contributed by atoms with Gasteiger partial charge in [0.15, 0.2) is 0 Å². The molecule has 0 aromatic heterocycles. The number of para-hydroxylation sites is 2. The van der Waals surface area contributed by atoms with E-state index in [0.717, 1.165) is 30.8 Å². The number of nitrogens with zero attached hydrogens (tertiary/aromatic N) is 1. The van der Waals surface area contributed by atoms with E-state index in [1.807, 2.05) is 24.3 Å². The van der Waals surface area contributed by atoms with Crippen molar-refractivity contribution in [3.8, 4) is 5.75 Å². The van der Waals surface area contributed by atoms with Crippen LogP contribution in [0.1, 0.15) is 12.8 Å². The molecule has 0 radical (unpaired) electrons. The Hall–Kier alpha value is -1.71. The maximum Gasteiger partial charge on any atom is 0.222 e. The van der Waals surface area contributed by atoms with Crippen LogP contribution in [0, 0.1) is 5.92 Å². The van der Waals surface area contributed by atoms with E-state index in [-0.39, 0.29) is 11.8 Å². The summed E-state index contributed by atoms with van der Waals surface area (Å²) >= 11 is 0. The van der Waals surface area contributed by atoms with Crippen LogP contribution in [0.3, 0.4) is 0 Å². The van der Waals surface area contributed by atoms with Crippen LogP contribution in [0.5, 0.6) is 5.75 Å². The van der Waals surface area contributed by atoms with Crippen molar-refractivity contribution >= 4 is 11.6 Å². The number of hydrogen-bond donors (Lipinski definition) is 1. The van der Waals surface area contributed by atoms with Crippen molar-refractivity contribution in [2.24, 2.45) is 11.7 Å². The first kappa shape index (κ1) is 11.8. The molecule has 0 spiro atoms. The minimum Gasteiger partial charge on any atom is -0.495 e. The molecular weight excluding hydrogens is 216 g/mol. The van der Waals surface area contributed by atoms with Crippen LogP contribution in [-0.2, 0) is 4.79 Å². The summed E-state index contributed by atoms with van der Waals surface area (Å²) in [6, 6.07) is 7.87. The molecule has 0 saturated carbocycles.